The van der Waals surface area contributed by atoms with Crippen molar-refractivity contribution in [3.05, 3.63) is 0 Å². The zero-order valence-corrected chi connectivity index (χ0v) is 12.0. The summed E-state index contributed by atoms with van der Waals surface area (Å²) < 4.78 is 68.9. The third-order valence-electron chi connectivity index (χ3n) is 1.98. The fourth-order valence-electron chi connectivity index (χ4n) is 1.46. The lowest BCUT2D eigenvalue weighted by Gasteiger charge is -2.13. The average Bonchev–Trinajstić information content (AvgIpc) is 2.17. The second-order valence-corrected chi connectivity index (χ2v) is 10.9. The zero-order valence-electron chi connectivity index (χ0n) is 8.83. The highest BCUT2D eigenvalue weighted by Crippen LogP contribution is 2.18. The van der Waals surface area contributed by atoms with Crippen molar-refractivity contribution >= 4 is 41.3 Å². The largest absolute Gasteiger partial charge is 0.229 e. The molecule has 0 aromatic heterocycles. The molecule has 11 heteroatoms. The van der Waals surface area contributed by atoms with Gasteiger partial charge in [-0.05, 0) is 0 Å². The van der Waals surface area contributed by atoms with E-state index in [1.807, 2.05) is 4.72 Å². The lowest BCUT2D eigenvalue weighted by molar-refractivity contribution is 0.565. The SMILES string of the molecule is CS(=O)(=O)CS(=O)(=O)NC1CS(=O)(=O)CC1Cl. The van der Waals surface area contributed by atoms with E-state index in [0.29, 0.717) is 0 Å². The number of rotatable bonds is 4. The summed E-state index contributed by atoms with van der Waals surface area (Å²) >= 11 is 5.68. The number of sulfone groups is 2. The van der Waals surface area contributed by atoms with Gasteiger partial charge in [0.1, 0.15) is 0 Å². The van der Waals surface area contributed by atoms with Crippen LogP contribution in [0.1, 0.15) is 0 Å². The van der Waals surface area contributed by atoms with Crippen LogP contribution in [0.3, 0.4) is 0 Å². The number of nitrogens with one attached hydrogen (secondary N) is 1. The molecule has 1 fully saturated rings. The van der Waals surface area contributed by atoms with Gasteiger partial charge >= 0.3 is 0 Å². The third kappa shape index (κ3) is 5.08. The van der Waals surface area contributed by atoms with Crippen molar-refractivity contribution in [3.63, 3.8) is 0 Å². The second kappa shape index (κ2) is 4.65. The first kappa shape index (κ1) is 15.2. The molecule has 0 radical (unpaired) electrons. The van der Waals surface area contributed by atoms with Crippen LogP contribution in [0.15, 0.2) is 0 Å². The monoisotopic (exact) mass is 325 g/mol. The number of sulfonamides is 1. The Kier molecular flexibility index (Phi) is 4.15. The molecule has 17 heavy (non-hydrogen) atoms. The van der Waals surface area contributed by atoms with E-state index in [0.717, 1.165) is 6.26 Å². The molecule has 2 unspecified atom stereocenters. The maximum absolute atomic E-state index is 11.4. The van der Waals surface area contributed by atoms with Crippen molar-refractivity contribution in [3.8, 4) is 0 Å². The van der Waals surface area contributed by atoms with Gasteiger partial charge in [-0.2, -0.15) is 0 Å². The number of halogens is 1. The van der Waals surface area contributed by atoms with Crippen LogP contribution >= 0.6 is 11.6 Å². The summed E-state index contributed by atoms with van der Waals surface area (Å²) in [5, 5.41) is -1.96. The zero-order chi connectivity index (χ0) is 13.5. The molecular formula is C6H12ClNO6S3. The first-order chi connectivity index (χ1) is 7.40. The molecule has 0 aromatic carbocycles. The van der Waals surface area contributed by atoms with Gasteiger partial charge in [0.25, 0.3) is 0 Å². The Labute approximate surface area is 105 Å². The van der Waals surface area contributed by atoms with Crippen molar-refractivity contribution in [2.45, 2.75) is 11.4 Å². The van der Waals surface area contributed by atoms with Crippen molar-refractivity contribution in [2.24, 2.45) is 0 Å². The van der Waals surface area contributed by atoms with Gasteiger partial charge in [0.05, 0.1) is 22.9 Å². The summed E-state index contributed by atoms with van der Waals surface area (Å²) in [5.74, 6) is -0.731. The summed E-state index contributed by atoms with van der Waals surface area (Å²) in [6.45, 7) is 0. The van der Waals surface area contributed by atoms with E-state index < -0.39 is 52.0 Å². The smallest absolute Gasteiger partial charge is 0.226 e. The summed E-state index contributed by atoms with van der Waals surface area (Å²) in [4.78, 5) is 0. The van der Waals surface area contributed by atoms with Crippen LogP contribution in [0.4, 0.5) is 0 Å². The molecule has 1 N–H and O–H groups in total. The van der Waals surface area contributed by atoms with Crippen LogP contribution in [0.25, 0.3) is 0 Å². The molecule has 1 aliphatic heterocycles. The molecule has 1 aliphatic rings. The second-order valence-electron chi connectivity index (χ2n) is 3.98. The van der Waals surface area contributed by atoms with E-state index in [1.165, 1.54) is 0 Å². The Bertz CT molecular complexity index is 592. The lowest BCUT2D eigenvalue weighted by Crippen LogP contribution is -2.42. The Morgan fingerprint density at radius 1 is 1.24 bits per heavy atom. The molecule has 0 amide bonds. The fourth-order valence-corrected chi connectivity index (χ4v) is 7.42. The summed E-state index contributed by atoms with van der Waals surface area (Å²) in [6, 6.07) is -0.978. The molecule has 7 nitrogen and oxygen atoms in total. The topological polar surface area (TPSA) is 114 Å². The van der Waals surface area contributed by atoms with Gasteiger partial charge in [0, 0.05) is 6.26 Å². The quantitative estimate of drug-likeness (QED) is 0.617. The van der Waals surface area contributed by atoms with E-state index in [2.05, 4.69) is 0 Å². The predicted octanol–water partition coefficient (Wildman–Crippen LogP) is -1.69. The molecule has 0 saturated carbocycles. The fraction of sp³-hybridized carbons (Fsp3) is 1.00. The van der Waals surface area contributed by atoms with Crippen LogP contribution in [-0.4, -0.2) is 59.5 Å². The van der Waals surface area contributed by atoms with Crippen molar-refractivity contribution in [1.29, 1.82) is 0 Å². The average molecular weight is 326 g/mol. The first-order valence-electron chi connectivity index (χ1n) is 4.42. The van der Waals surface area contributed by atoms with E-state index in [-0.39, 0.29) is 5.75 Å². The number of alkyl halides is 1. The molecule has 102 valence electrons. The minimum atomic E-state index is -4.09. The Morgan fingerprint density at radius 3 is 2.12 bits per heavy atom. The molecule has 0 bridgehead atoms. The Hall–Kier alpha value is 0.1000. The minimum Gasteiger partial charge on any atom is -0.229 e. The van der Waals surface area contributed by atoms with Gasteiger partial charge < -0.3 is 0 Å². The van der Waals surface area contributed by atoms with E-state index >= 15 is 0 Å². The molecule has 1 rings (SSSR count). The van der Waals surface area contributed by atoms with Crippen LogP contribution in [0.5, 0.6) is 0 Å². The molecule has 0 spiro atoms. The highest BCUT2D eigenvalue weighted by atomic mass is 35.5. The van der Waals surface area contributed by atoms with Crippen LogP contribution in [0.2, 0.25) is 0 Å². The Balaban J connectivity index is 2.80. The number of hydrogen-bond donors (Lipinski definition) is 1. The summed E-state index contributed by atoms with van der Waals surface area (Å²) in [6.07, 6.45) is 0.774. The first-order valence-corrected chi connectivity index (χ1v) is 10.4. The molecule has 0 aromatic rings. The summed E-state index contributed by atoms with van der Waals surface area (Å²) in [5.41, 5.74) is 0. The van der Waals surface area contributed by atoms with Gasteiger partial charge in [-0.15, -0.1) is 11.6 Å². The maximum atomic E-state index is 11.4. The van der Waals surface area contributed by atoms with Gasteiger partial charge in [-0.25, -0.2) is 30.0 Å². The Morgan fingerprint density at radius 2 is 1.76 bits per heavy atom. The molecular weight excluding hydrogens is 314 g/mol. The van der Waals surface area contributed by atoms with Gasteiger partial charge in [-0.1, -0.05) is 0 Å². The van der Waals surface area contributed by atoms with Crippen molar-refractivity contribution in [1.82, 2.24) is 4.72 Å². The molecule has 2 atom stereocenters. The highest BCUT2D eigenvalue weighted by Gasteiger charge is 2.39. The van der Waals surface area contributed by atoms with Crippen molar-refractivity contribution in [2.75, 3.05) is 22.8 Å². The van der Waals surface area contributed by atoms with Crippen LogP contribution in [-0.2, 0) is 29.7 Å². The van der Waals surface area contributed by atoms with Gasteiger partial charge in [-0.3, -0.25) is 0 Å². The summed E-state index contributed by atoms with van der Waals surface area (Å²) in [7, 11) is -11.2. The maximum Gasteiger partial charge on any atom is 0.226 e. The van der Waals surface area contributed by atoms with Gasteiger partial charge in [0.15, 0.2) is 24.8 Å². The normalized spacial score (nSPS) is 29.3. The molecule has 1 heterocycles. The van der Waals surface area contributed by atoms with Crippen LogP contribution in [0, 0.1) is 0 Å². The standard InChI is InChI=1S/C6H12ClNO6S3/c1-15(9,10)4-17(13,14)8-6-3-16(11,12)2-5(6)7/h5-6,8H,2-4H2,1H3. The molecule has 0 aliphatic carbocycles. The van der Waals surface area contributed by atoms with Gasteiger partial charge in [0.2, 0.25) is 10.0 Å². The van der Waals surface area contributed by atoms with E-state index in [9.17, 15) is 25.3 Å². The number of hydrogen-bond acceptors (Lipinski definition) is 6. The minimum absolute atomic E-state index is 0.319. The highest BCUT2D eigenvalue weighted by molar-refractivity contribution is 8.06. The third-order valence-corrected chi connectivity index (χ3v) is 7.97. The lowest BCUT2D eigenvalue weighted by atomic mass is 10.3. The van der Waals surface area contributed by atoms with Crippen molar-refractivity contribution < 1.29 is 25.3 Å². The molecule has 1 saturated heterocycles. The van der Waals surface area contributed by atoms with Crippen LogP contribution < -0.4 is 4.72 Å². The predicted molar refractivity (Wildman–Crippen MR) is 63.8 cm³/mol. The van der Waals surface area contributed by atoms with E-state index in [4.69, 9.17) is 11.6 Å². The van der Waals surface area contributed by atoms with E-state index in [1.54, 1.807) is 0 Å².